The van der Waals surface area contributed by atoms with Gasteiger partial charge in [-0.2, -0.15) is 0 Å². The summed E-state index contributed by atoms with van der Waals surface area (Å²) in [6.07, 6.45) is 1.41. The average molecular weight is 287 g/mol. The molecule has 1 amide bonds. The number of hydrogen-bond donors (Lipinski definition) is 1. The monoisotopic (exact) mass is 286 g/mol. The van der Waals surface area contributed by atoms with E-state index in [0.29, 0.717) is 10.7 Å². The highest BCUT2D eigenvalue weighted by molar-refractivity contribution is 9.11. The van der Waals surface area contributed by atoms with Crippen molar-refractivity contribution in [2.24, 2.45) is 0 Å². The summed E-state index contributed by atoms with van der Waals surface area (Å²) in [6, 6.07) is 3.41. The lowest BCUT2D eigenvalue weighted by Crippen LogP contribution is -2.10. The predicted molar refractivity (Wildman–Crippen MR) is 61.2 cm³/mol. The van der Waals surface area contributed by atoms with Gasteiger partial charge in [0.15, 0.2) is 5.82 Å². The third-order valence-corrected chi connectivity index (χ3v) is 3.90. The summed E-state index contributed by atoms with van der Waals surface area (Å²) in [5.74, 6) is 0.241. The van der Waals surface area contributed by atoms with Crippen LogP contribution < -0.4 is 5.32 Å². The maximum absolute atomic E-state index is 11.7. The second-order valence-corrected chi connectivity index (χ2v) is 5.28. The molecule has 0 fully saturated rings. The minimum Gasteiger partial charge on any atom is -0.363 e. The van der Waals surface area contributed by atoms with Gasteiger partial charge >= 0.3 is 0 Å². The fraction of sp³-hybridized carbons (Fsp3) is 0.111. The van der Waals surface area contributed by atoms with Gasteiger partial charge < -0.3 is 9.84 Å². The number of aromatic nitrogens is 1. The van der Waals surface area contributed by atoms with Gasteiger partial charge in [0.2, 0.25) is 0 Å². The minimum atomic E-state index is -0.178. The van der Waals surface area contributed by atoms with Gasteiger partial charge in [-0.3, -0.25) is 4.79 Å². The molecule has 0 aliphatic rings. The lowest BCUT2D eigenvalue weighted by Gasteiger charge is -1.96. The van der Waals surface area contributed by atoms with Crippen LogP contribution in [0.15, 0.2) is 26.7 Å². The largest absolute Gasteiger partial charge is 0.363 e. The maximum Gasteiger partial charge on any atom is 0.267 e. The van der Waals surface area contributed by atoms with E-state index in [1.54, 1.807) is 6.07 Å². The zero-order valence-corrected chi connectivity index (χ0v) is 10.2. The van der Waals surface area contributed by atoms with Crippen LogP contribution in [0.2, 0.25) is 0 Å². The SMILES string of the molecule is Cc1cc(C(=O)Nc2ccon2)sc1Br. The highest BCUT2D eigenvalue weighted by atomic mass is 79.9. The van der Waals surface area contributed by atoms with Crippen LogP contribution in [-0.4, -0.2) is 11.1 Å². The Morgan fingerprint density at radius 3 is 3.00 bits per heavy atom. The molecular weight excluding hydrogens is 280 g/mol. The molecule has 0 atom stereocenters. The van der Waals surface area contributed by atoms with Crippen LogP contribution in [0.4, 0.5) is 5.82 Å². The van der Waals surface area contributed by atoms with Crippen molar-refractivity contribution in [3.8, 4) is 0 Å². The van der Waals surface area contributed by atoms with Crippen molar-refractivity contribution in [1.29, 1.82) is 0 Å². The first-order chi connectivity index (χ1) is 7.16. The number of halogens is 1. The molecule has 0 aromatic carbocycles. The van der Waals surface area contributed by atoms with E-state index < -0.39 is 0 Å². The summed E-state index contributed by atoms with van der Waals surface area (Å²) < 4.78 is 5.58. The molecule has 0 radical (unpaired) electrons. The molecular formula is C9H7BrN2O2S. The Morgan fingerprint density at radius 2 is 2.47 bits per heavy atom. The van der Waals surface area contributed by atoms with Crippen LogP contribution in [-0.2, 0) is 0 Å². The van der Waals surface area contributed by atoms with Crippen molar-refractivity contribution in [2.75, 3.05) is 5.32 Å². The van der Waals surface area contributed by atoms with Gasteiger partial charge in [0, 0.05) is 6.07 Å². The number of nitrogens with one attached hydrogen (secondary N) is 1. The lowest BCUT2D eigenvalue weighted by molar-refractivity contribution is 0.102. The molecule has 0 bridgehead atoms. The molecule has 0 spiro atoms. The number of nitrogens with zero attached hydrogens (tertiary/aromatic N) is 1. The molecule has 2 heterocycles. The van der Waals surface area contributed by atoms with Crippen LogP contribution in [0.5, 0.6) is 0 Å². The molecule has 0 saturated heterocycles. The van der Waals surface area contributed by atoms with Gasteiger partial charge in [-0.05, 0) is 34.5 Å². The Balaban J connectivity index is 2.15. The molecule has 0 aliphatic heterocycles. The second-order valence-electron chi connectivity index (χ2n) is 2.91. The summed E-state index contributed by atoms with van der Waals surface area (Å²) in [4.78, 5) is 12.3. The molecule has 0 saturated carbocycles. The van der Waals surface area contributed by atoms with E-state index in [1.807, 2.05) is 13.0 Å². The van der Waals surface area contributed by atoms with Crippen molar-refractivity contribution >= 4 is 39.0 Å². The van der Waals surface area contributed by atoms with Crippen LogP contribution in [0.1, 0.15) is 15.2 Å². The summed E-state index contributed by atoms with van der Waals surface area (Å²) in [5, 5.41) is 6.22. The number of aryl methyl sites for hydroxylation is 1. The van der Waals surface area contributed by atoms with E-state index in [2.05, 4.69) is 30.9 Å². The molecule has 2 rings (SSSR count). The molecule has 0 aliphatic carbocycles. The molecule has 2 aromatic heterocycles. The molecule has 6 heteroatoms. The Hall–Kier alpha value is -1.14. The standard InChI is InChI=1S/C9H7BrN2O2S/c1-5-4-6(15-8(5)10)9(13)11-7-2-3-14-12-7/h2-4H,1H3,(H,11,12,13). The van der Waals surface area contributed by atoms with E-state index in [4.69, 9.17) is 0 Å². The Morgan fingerprint density at radius 1 is 1.67 bits per heavy atom. The van der Waals surface area contributed by atoms with E-state index in [9.17, 15) is 4.79 Å². The van der Waals surface area contributed by atoms with Crippen molar-refractivity contribution in [3.05, 3.63) is 32.6 Å². The number of carbonyl (C=O) groups excluding carboxylic acids is 1. The number of hydrogen-bond acceptors (Lipinski definition) is 4. The number of carbonyl (C=O) groups is 1. The Kier molecular flexibility index (Phi) is 2.88. The Bertz CT molecular complexity index is 459. The molecule has 2 aromatic rings. The van der Waals surface area contributed by atoms with Crippen LogP contribution in [0.3, 0.4) is 0 Å². The maximum atomic E-state index is 11.7. The number of thiophene rings is 1. The summed E-state index contributed by atoms with van der Waals surface area (Å²) in [5.41, 5.74) is 1.05. The van der Waals surface area contributed by atoms with E-state index in [0.717, 1.165) is 9.35 Å². The van der Waals surface area contributed by atoms with Gasteiger partial charge in [-0.15, -0.1) is 11.3 Å². The van der Waals surface area contributed by atoms with Crippen LogP contribution >= 0.6 is 27.3 Å². The Labute approximate surface area is 98.4 Å². The third-order valence-electron chi connectivity index (χ3n) is 1.76. The highest BCUT2D eigenvalue weighted by Crippen LogP contribution is 2.27. The van der Waals surface area contributed by atoms with Crippen LogP contribution in [0.25, 0.3) is 0 Å². The van der Waals surface area contributed by atoms with Crippen molar-refractivity contribution in [2.45, 2.75) is 6.92 Å². The molecule has 4 nitrogen and oxygen atoms in total. The van der Waals surface area contributed by atoms with E-state index >= 15 is 0 Å². The van der Waals surface area contributed by atoms with E-state index in [-0.39, 0.29) is 5.91 Å². The van der Waals surface area contributed by atoms with Gasteiger partial charge in [-0.25, -0.2) is 0 Å². The quantitative estimate of drug-likeness (QED) is 0.923. The fourth-order valence-corrected chi connectivity index (χ4v) is 2.46. The first-order valence-corrected chi connectivity index (χ1v) is 5.75. The fourth-order valence-electron chi connectivity index (χ4n) is 1.03. The smallest absolute Gasteiger partial charge is 0.267 e. The van der Waals surface area contributed by atoms with Gasteiger partial charge in [0.1, 0.15) is 6.26 Å². The van der Waals surface area contributed by atoms with E-state index in [1.165, 1.54) is 17.6 Å². The van der Waals surface area contributed by atoms with Gasteiger partial charge in [0.05, 0.1) is 8.66 Å². The lowest BCUT2D eigenvalue weighted by atomic mass is 10.3. The molecule has 78 valence electrons. The zero-order chi connectivity index (χ0) is 10.8. The van der Waals surface area contributed by atoms with Gasteiger partial charge in [0.25, 0.3) is 5.91 Å². The topological polar surface area (TPSA) is 55.1 Å². The predicted octanol–water partition coefficient (Wildman–Crippen LogP) is 3.06. The molecule has 0 unspecified atom stereocenters. The summed E-state index contributed by atoms with van der Waals surface area (Å²) in [6.45, 7) is 1.94. The number of anilines is 1. The summed E-state index contributed by atoms with van der Waals surface area (Å²) in [7, 11) is 0. The first-order valence-electron chi connectivity index (χ1n) is 4.14. The number of rotatable bonds is 2. The second kappa shape index (κ2) is 4.16. The minimum absolute atomic E-state index is 0.178. The van der Waals surface area contributed by atoms with Crippen molar-refractivity contribution < 1.29 is 9.32 Å². The van der Waals surface area contributed by atoms with Gasteiger partial charge in [-0.1, -0.05) is 5.16 Å². The third kappa shape index (κ3) is 2.27. The first kappa shape index (κ1) is 10.4. The molecule has 1 N–H and O–H groups in total. The van der Waals surface area contributed by atoms with Crippen LogP contribution in [0, 0.1) is 6.92 Å². The average Bonchev–Trinajstić information content (AvgIpc) is 2.78. The van der Waals surface area contributed by atoms with Crippen molar-refractivity contribution in [1.82, 2.24) is 5.16 Å². The number of amides is 1. The van der Waals surface area contributed by atoms with Crippen molar-refractivity contribution in [3.63, 3.8) is 0 Å². The molecule has 15 heavy (non-hydrogen) atoms. The normalized spacial score (nSPS) is 10.3. The summed E-state index contributed by atoms with van der Waals surface area (Å²) >= 11 is 4.76. The zero-order valence-electron chi connectivity index (χ0n) is 7.78. The highest BCUT2D eigenvalue weighted by Gasteiger charge is 2.12.